The summed E-state index contributed by atoms with van der Waals surface area (Å²) in [6, 6.07) is 8.62. The van der Waals surface area contributed by atoms with Gasteiger partial charge in [0.05, 0.1) is 17.4 Å². The summed E-state index contributed by atoms with van der Waals surface area (Å²) >= 11 is 7.36. The predicted molar refractivity (Wildman–Crippen MR) is 95.3 cm³/mol. The molecule has 0 spiro atoms. The minimum absolute atomic E-state index is 0.0692. The van der Waals surface area contributed by atoms with Crippen LogP contribution in [0.3, 0.4) is 0 Å². The van der Waals surface area contributed by atoms with Gasteiger partial charge in [0.1, 0.15) is 0 Å². The first-order valence-electron chi connectivity index (χ1n) is 7.76. The number of amides is 2. The zero-order valence-electron chi connectivity index (χ0n) is 13.6. The molecular weight excluding hydrogens is 364 g/mol. The van der Waals surface area contributed by atoms with Crippen molar-refractivity contribution in [1.29, 1.82) is 0 Å². The maximum atomic E-state index is 12.3. The number of nitrogens with one attached hydrogen (secondary N) is 1. The number of hydrogen-bond acceptors (Lipinski definition) is 5. The third kappa shape index (κ3) is 4.24. The van der Waals surface area contributed by atoms with E-state index in [4.69, 9.17) is 21.1 Å². The number of likely N-dealkylation sites (N-methyl/N-ethyl adjacent to an activating group) is 1. The van der Waals surface area contributed by atoms with Gasteiger partial charge in [-0.2, -0.15) is 0 Å². The smallest absolute Gasteiger partial charge is 0.251 e. The highest BCUT2D eigenvalue weighted by molar-refractivity contribution is 7.16. The zero-order valence-corrected chi connectivity index (χ0v) is 15.2. The van der Waals surface area contributed by atoms with Crippen molar-refractivity contribution >= 4 is 34.8 Å². The molecule has 2 amide bonds. The van der Waals surface area contributed by atoms with E-state index in [2.05, 4.69) is 5.32 Å². The average Bonchev–Trinajstić information content (AvgIpc) is 3.24. The standard InChI is InChI=1S/C17H17ClN2O4S/c1-2-20(9-12-4-6-15(18)25-12)16(21)8-19-17(22)11-3-5-13-14(7-11)24-10-23-13/h3-7H,2,8-10H2,1H3,(H,19,22). The predicted octanol–water partition coefficient (Wildman–Crippen LogP) is 2.91. The Morgan fingerprint density at radius 2 is 2.04 bits per heavy atom. The Labute approximate surface area is 154 Å². The van der Waals surface area contributed by atoms with Gasteiger partial charge in [-0.15, -0.1) is 11.3 Å². The van der Waals surface area contributed by atoms with Crippen LogP contribution < -0.4 is 14.8 Å². The average molecular weight is 381 g/mol. The van der Waals surface area contributed by atoms with Gasteiger partial charge in [-0.3, -0.25) is 9.59 Å². The molecule has 1 aliphatic heterocycles. The number of benzene rings is 1. The monoisotopic (exact) mass is 380 g/mol. The van der Waals surface area contributed by atoms with Crippen LogP contribution in [0.1, 0.15) is 22.2 Å². The van der Waals surface area contributed by atoms with Crippen LogP contribution in [0.5, 0.6) is 11.5 Å². The topological polar surface area (TPSA) is 67.9 Å². The molecule has 0 saturated carbocycles. The fourth-order valence-electron chi connectivity index (χ4n) is 2.41. The summed E-state index contributed by atoms with van der Waals surface area (Å²) in [6.07, 6.45) is 0. The van der Waals surface area contributed by atoms with Gasteiger partial charge in [0.15, 0.2) is 11.5 Å². The fourth-order valence-corrected chi connectivity index (χ4v) is 3.51. The maximum absolute atomic E-state index is 12.3. The second-order valence-corrected chi connectivity index (χ2v) is 7.16. The van der Waals surface area contributed by atoms with E-state index in [0.717, 1.165) is 4.88 Å². The van der Waals surface area contributed by atoms with Crippen LogP contribution in [-0.4, -0.2) is 36.6 Å². The molecule has 3 rings (SSSR count). The highest BCUT2D eigenvalue weighted by Crippen LogP contribution is 2.32. The molecule has 1 aromatic heterocycles. The minimum Gasteiger partial charge on any atom is -0.454 e. The van der Waals surface area contributed by atoms with Crippen molar-refractivity contribution in [2.24, 2.45) is 0 Å². The molecule has 0 saturated heterocycles. The Kier molecular flexibility index (Phi) is 5.45. The normalized spacial score (nSPS) is 12.1. The molecule has 1 N–H and O–H groups in total. The van der Waals surface area contributed by atoms with E-state index in [-0.39, 0.29) is 25.2 Å². The molecule has 8 heteroatoms. The first kappa shape index (κ1) is 17.6. The number of fused-ring (bicyclic) bond motifs is 1. The molecule has 2 heterocycles. The van der Waals surface area contributed by atoms with Gasteiger partial charge in [0, 0.05) is 17.0 Å². The van der Waals surface area contributed by atoms with Gasteiger partial charge >= 0.3 is 0 Å². The Bertz CT molecular complexity index is 793. The Balaban J connectivity index is 1.56. The molecule has 132 valence electrons. The number of nitrogens with zero attached hydrogens (tertiary/aromatic N) is 1. The molecule has 1 aromatic carbocycles. The summed E-state index contributed by atoms with van der Waals surface area (Å²) in [5.41, 5.74) is 0.421. The highest BCUT2D eigenvalue weighted by Gasteiger charge is 2.18. The molecule has 0 aliphatic carbocycles. The maximum Gasteiger partial charge on any atom is 0.251 e. The van der Waals surface area contributed by atoms with Gasteiger partial charge in [-0.25, -0.2) is 0 Å². The molecule has 25 heavy (non-hydrogen) atoms. The van der Waals surface area contributed by atoms with E-state index < -0.39 is 0 Å². The van der Waals surface area contributed by atoms with E-state index in [1.807, 2.05) is 13.0 Å². The molecule has 0 atom stereocenters. The molecule has 6 nitrogen and oxygen atoms in total. The Morgan fingerprint density at radius 3 is 2.76 bits per heavy atom. The van der Waals surface area contributed by atoms with Crippen molar-refractivity contribution in [3.63, 3.8) is 0 Å². The second-order valence-electron chi connectivity index (χ2n) is 5.36. The zero-order chi connectivity index (χ0) is 17.8. The summed E-state index contributed by atoms with van der Waals surface area (Å²) in [5.74, 6) is 0.658. The van der Waals surface area contributed by atoms with E-state index in [1.54, 1.807) is 29.2 Å². The fraction of sp³-hybridized carbons (Fsp3) is 0.294. The van der Waals surface area contributed by atoms with E-state index >= 15 is 0 Å². The third-order valence-corrected chi connectivity index (χ3v) is 4.96. The van der Waals surface area contributed by atoms with Crippen LogP contribution in [0.25, 0.3) is 0 Å². The van der Waals surface area contributed by atoms with Crippen LogP contribution in [-0.2, 0) is 11.3 Å². The molecular formula is C17H17ClN2O4S. The van der Waals surface area contributed by atoms with Crippen molar-refractivity contribution in [3.8, 4) is 11.5 Å². The number of ether oxygens (including phenoxy) is 2. The van der Waals surface area contributed by atoms with Crippen LogP contribution in [0, 0.1) is 0 Å². The SMILES string of the molecule is CCN(Cc1ccc(Cl)s1)C(=O)CNC(=O)c1ccc2c(c1)OCO2. The lowest BCUT2D eigenvalue weighted by molar-refractivity contribution is -0.130. The lowest BCUT2D eigenvalue weighted by Gasteiger charge is -2.20. The third-order valence-electron chi connectivity index (χ3n) is 3.74. The van der Waals surface area contributed by atoms with Gasteiger partial charge in [-0.1, -0.05) is 11.6 Å². The van der Waals surface area contributed by atoms with E-state index in [9.17, 15) is 9.59 Å². The van der Waals surface area contributed by atoms with E-state index in [1.165, 1.54) is 11.3 Å². The van der Waals surface area contributed by atoms with E-state index in [0.29, 0.717) is 34.5 Å². The summed E-state index contributed by atoms with van der Waals surface area (Å²) in [6.45, 7) is 3.00. The molecule has 0 radical (unpaired) electrons. The summed E-state index contributed by atoms with van der Waals surface area (Å²) in [4.78, 5) is 27.2. The summed E-state index contributed by atoms with van der Waals surface area (Å²) in [5, 5.41) is 2.65. The van der Waals surface area contributed by atoms with Gasteiger partial charge < -0.3 is 19.7 Å². The van der Waals surface area contributed by atoms with Crippen molar-refractivity contribution in [3.05, 3.63) is 45.1 Å². The van der Waals surface area contributed by atoms with Crippen LogP contribution >= 0.6 is 22.9 Å². The lowest BCUT2D eigenvalue weighted by Crippen LogP contribution is -2.39. The largest absolute Gasteiger partial charge is 0.454 e. The number of carbonyl (C=O) groups excluding carboxylic acids is 2. The minimum atomic E-state index is -0.332. The Hall–Kier alpha value is -2.25. The van der Waals surface area contributed by atoms with Crippen molar-refractivity contribution in [1.82, 2.24) is 10.2 Å². The molecule has 2 aromatic rings. The highest BCUT2D eigenvalue weighted by atomic mass is 35.5. The molecule has 0 fully saturated rings. The number of halogens is 1. The van der Waals surface area contributed by atoms with Crippen LogP contribution in [0.15, 0.2) is 30.3 Å². The van der Waals surface area contributed by atoms with Crippen molar-refractivity contribution < 1.29 is 19.1 Å². The first-order chi connectivity index (χ1) is 12.1. The van der Waals surface area contributed by atoms with Gasteiger partial charge in [0.2, 0.25) is 12.7 Å². The Morgan fingerprint density at radius 1 is 1.24 bits per heavy atom. The van der Waals surface area contributed by atoms with Crippen molar-refractivity contribution in [2.45, 2.75) is 13.5 Å². The van der Waals surface area contributed by atoms with Crippen LogP contribution in [0.4, 0.5) is 0 Å². The number of hydrogen-bond donors (Lipinski definition) is 1. The molecule has 1 aliphatic rings. The van der Waals surface area contributed by atoms with Crippen LogP contribution in [0.2, 0.25) is 4.34 Å². The summed E-state index contributed by atoms with van der Waals surface area (Å²) < 4.78 is 11.2. The molecule has 0 unspecified atom stereocenters. The quantitative estimate of drug-likeness (QED) is 0.836. The number of rotatable bonds is 6. The second kappa shape index (κ2) is 7.76. The number of thiophene rings is 1. The summed E-state index contributed by atoms with van der Waals surface area (Å²) in [7, 11) is 0. The van der Waals surface area contributed by atoms with Gasteiger partial charge in [0.25, 0.3) is 5.91 Å². The first-order valence-corrected chi connectivity index (χ1v) is 8.96. The molecule has 0 bridgehead atoms. The van der Waals surface area contributed by atoms with Crippen molar-refractivity contribution in [2.75, 3.05) is 19.9 Å². The number of carbonyl (C=O) groups is 2. The lowest BCUT2D eigenvalue weighted by atomic mass is 10.2. The van der Waals surface area contributed by atoms with Gasteiger partial charge in [-0.05, 0) is 37.3 Å².